The Morgan fingerprint density at radius 3 is 2.63 bits per heavy atom. The largest absolute Gasteiger partial charge is 0.398 e. The highest BCUT2D eigenvalue weighted by atomic mass is 35.5. The van der Waals surface area contributed by atoms with Crippen LogP contribution in [0.2, 0.25) is 5.02 Å². The molecule has 0 radical (unpaired) electrons. The van der Waals surface area contributed by atoms with Gasteiger partial charge in [-0.25, -0.2) is 4.39 Å². The molecular weight excluding hydrogens is 267 g/mol. The molecule has 0 fully saturated rings. The lowest BCUT2D eigenvalue weighted by Gasteiger charge is -2.07. The Balaban J connectivity index is 2.20. The lowest BCUT2D eigenvalue weighted by molar-refractivity contribution is 0.102. The molecule has 0 atom stereocenters. The average molecular weight is 279 g/mol. The summed E-state index contributed by atoms with van der Waals surface area (Å²) in [4.78, 5) is 12.0. The Labute approximate surface area is 115 Å². The van der Waals surface area contributed by atoms with E-state index in [0.29, 0.717) is 16.9 Å². The van der Waals surface area contributed by atoms with Crippen molar-refractivity contribution in [1.82, 2.24) is 0 Å². The number of nitrogens with one attached hydrogen (secondary N) is 1. The number of halogens is 2. The van der Waals surface area contributed by atoms with Crippen molar-refractivity contribution in [2.24, 2.45) is 0 Å². The van der Waals surface area contributed by atoms with E-state index in [1.807, 2.05) is 6.92 Å². The summed E-state index contributed by atoms with van der Waals surface area (Å²) in [5.74, 6) is -0.853. The summed E-state index contributed by atoms with van der Waals surface area (Å²) >= 11 is 5.64. The smallest absolute Gasteiger partial charge is 0.255 e. The Morgan fingerprint density at radius 2 is 2.00 bits per heavy atom. The van der Waals surface area contributed by atoms with Crippen LogP contribution in [0.3, 0.4) is 0 Å². The van der Waals surface area contributed by atoms with Gasteiger partial charge in [-0.1, -0.05) is 17.7 Å². The number of rotatable bonds is 2. The fourth-order valence-electron chi connectivity index (χ4n) is 1.56. The second-order valence-electron chi connectivity index (χ2n) is 4.15. The van der Waals surface area contributed by atoms with Gasteiger partial charge in [0.2, 0.25) is 0 Å². The first-order valence-electron chi connectivity index (χ1n) is 5.60. The Bertz CT molecular complexity index is 643. The molecule has 2 rings (SSSR count). The quantitative estimate of drug-likeness (QED) is 0.824. The van der Waals surface area contributed by atoms with Crippen molar-refractivity contribution in [3.05, 3.63) is 58.4 Å². The summed E-state index contributed by atoms with van der Waals surface area (Å²) in [5, 5.41) is 2.59. The maximum atomic E-state index is 13.0. The lowest BCUT2D eigenvalue weighted by atomic mass is 10.1. The lowest BCUT2D eigenvalue weighted by Crippen LogP contribution is -2.12. The molecule has 2 aromatic rings. The van der Waals surface area contributed by atoms with Crippen LogP contribution in [-0.2, 0) is 0 Å². The number of aryl methyl sites for hydroxylation is 1. The highest BCUT2D eigenvalue weighted by molar-refractivity contribution is 6.31. The molecule has 0 saturated carbocycles. The van der Waals surface area contributed by atoms with E-state index in [4.69, 9.17) is 17.3 Å². The number of carbonyl (C=O) groups excluding carboxylic acids is 1. The van der Waals surface area contributed by atoms with Gasteiger partial charge in [-0.05, 0) is 42.8 Å². The molecule has 3 nitrogen and oxygen atoms in total. The molecule has 0 aliphatic rings. The molecule has 0 spiro atoms. The Hall–Kier alpha value is -2.07. The number of hydrogen-bond acceptors (Lipinski definition) is 2. The van der Waals surface area contributed by atoms with Crippen LogP contribution in [0, 0.1) is 12.7 Å². The molecular formula is C14H12ClFN2O. The fourth-order valence-corrected chi connectivity index (χ4v) is 1.74. The number of nitrogens with two attached hydrogens (primary N) is 1. The molecule has 0 aliphatic heterocycles. The fraction of sp³-hybridized carbons (Fsp3) is 0.0714. The monoisotopic (exact) mass is 278 g/mol. The van der Waals surface area contributed by atoms with E-state index in [-0.39, 0.29) is 10.9 Å². The van der Waals surface area contributed by atoms with Crippen LogP contribution in [0.4, 0.5) is 15.8 Å². The molecule has 5 heteroatoms. The van der Waals surface area contributed by atoms with Gasteiger partial charge in [0.05, 0.1) is 5.02 Å². The molecule has 2 aromatic carbocycles. The summed E-state index contributed by atoms with van der Waals surface area (Å²) in [6.07, 6.45) is 0. The SMILES string of the molecule is Cc1ccc(C(=O)Nc2ccc(F)c(Cl)c2)cc1N. The predicted octanol–water partition coefficient (Wildman–Crippen LogP) is 3.62. The zero-order valence-electron chi connectivity index (χ0n) is 10.2. The number of amides is 1. The topological polar surface area (TPSA) is 55.1 Å². The van der Waals surface area contributed by atoms with Crippen molar-refractivity contribution in [3.63, 3.8) is 0 Å². The maximum Gasteiger partial charge on any atom is 0.255 e. The van der Waals surface area contributed by atoms with Crippen LogP contribution in [0.25, 0.3) is 0 Å². The minimum absolute atomic E-state index is 0.0405. The van der Waals surface area contributed by atoms with Gasteiger partial charge < -0.3 is 11.1 Å². The van der Waals surface area contributed by atoms with E-state index in [2.05, 4.69) is 5.32 Å². The third kappa shape index (κ3) is 3.03. The first-order chi connectivity index (χ1) is 8.97. The van der Waals surface area contributed by atoms with Crippen LogP contribution in [0.15, 0.2) is 36.4 Å². The van der Waals surface area contributed by atoms with Gasteiger partial charge in [-0.3, -0.25) is 4.79 Å². The standard InChI is InChI=1S/C14H12ClFN2O/c1-8-2-3-9(6-13(8)17)14(19)18-10-4-5-12(16)11(15)7-10/h2-7H,17H2,1H3,(H,18,19). The van der Waals surface area contributed by atoms with Gasteiger partial charge in [-0.15, -0.1) is 0 Å². The number of hydrogen-bond donors (Lipinski definition) is 2. The van der Waals surface area contributed by atoms with Gasteiger partial charge in [0, 0.05) is 16.9 Å². The Morgan fingerprint density at radius 1 is 1.26 bits per heavy atom. The molecule has 0 bridgehead atoms. The number of carbonyl (C=O) groups is 1. The summed E-state index contributed by atoms with van der Waals surface area (Å²) in [7, 11) is 0. The molecule has 0 aliphatic carbocycles. The summed E-state index contributed by atoms with van der Waals surface area (Å²) in [6, 6.07) is 9.02. The first-order valence-corrected chi connectivity index (χ1v) is 5.97. The summed E-state index contributed by atoms with van der Waals surface area (Å²) in [5.41, 5.74) is 8.06. The summed E-state index contributed by atoms with van der Waals surface area (Å²) in [6.45, 7) is 1.86. The second kappa shape index (κ2) is 5.28. The van der Waals surface area contributed by atoms with Crippen molar-refractivity contribution < 1.29 is 9.18 Å². The van der Waals surface area contributed by atoms with Crippen molar-refractivity contribution in [1.29, 1.82) is 0 Å². The first kappa shape index (κ1) is 13.4. The van der Waals surface area contributed by atoms with Gasteiger partial charge in [0.25, 0.3) is 5.91 Å². The van der Waals surface area contributed by atoms with Gasteiger partial charge in [0.1, 0.15) is 5.82 Å². The average Bonchev–Trinajstić information content (AvgIpc) is 2.37. The van der Waals surface area contributed by atoms with Gasteiger partial charge in [-0.2, -0.15) is 0 Å². The molecule has 0 aromatic heterocycles. The van der Waals surface area contributed by atoms with Crippen molar-refractivity contribution in [2.45, 2.75) is 6.92 Å². The van der Waals surface area contributed by atoms with Crippen LogP contribution in [-0.4, -0.2) is 5.91 Å². The van der Waals surface area contributed by atoms with Crippen LogP contribution in [0.5, 0.6) is 0 Å². The normalized spacial score (nSPS) is 10.3. The van der Waals surface area contributed by atoms with Crippen LogP contribution in [0.1, 0.15) is 15.9 Å². The summed E-state index contributed by atoms with van der Waals surface area (Å²) < 4.78 is 13.0. The van der Waals surface area contributed by atoms with E-state index in [1.165, 1.54) is 18.2 Å². The minimum Gasteiger partial charge on any atom is -0.398 e. The Kier molecular flexibility index (Phi) is 3.71. The van der Waals surface area contributed by atoms with Crippen molar-refractivity contribution >= 4 is 28.9 Å². The maximum absolute atomic E-state index is 13.0. The molecule has 1 amide bonds. The number of benzene rings is 2. The number of nitrogen functional groups attached to an aromatic ring is 1. The third-order valence-electron chi connectivity index (χ3n) is 2.72. The zero-order valence-corrected chi connectivity index (χ0v) is 11.0. The molecule has 0 heterocycles. The second-order valence-corrected chi connectivity index (χ2v) is 4.56. The minimum atomic E-state index is -0.528. The highest BCUT2D eigenvalue weighted by Crippen LogP contribution is 2.20. The molecule has 98 valence electrons. The highest BCUT2D eigenvalue weighted by Gasteiger charge is 2.08. The van der Waals surface area contributed by atoms with E-state index in [9.17, 15) is 9.18 Å². The molecule has 3 N–H and O–H groups in total. The predicted molar refractivity (Wildman–Crippen MR) is 75.0 cm³/mol. The van der Waals surface area contributed by atoms with Crippen LogP contribution >= 0.6 is 11.6 Å². The van der Waals surface area contributed by atoms with Gasteiger partial charge >= 0.3 is 0 Å². The van der Waals surface area contributed by atoms with E-state index >= 15 is 0 Å². The van der Waals surface area contributed by atoms with E-state index < -0.39 is 5.82 Å². The van der Waals surface area contributed by atoms with Crippen molar-refractivity contribution in [3.8, 4) is 0 Å². The van der Waals surface area contributed by atoms with Crippen LogP contribution < -0.4 is 11.1 Å². The molecule has 0 unspecified atom stereocenters. The third-order valence-corrected chi connectivity index (χ3v) is 3.01. The number of anilines is 2. The van der Waals surface area contributed by atoms with Crippen molar-refractivity contribution in [2.75, 3.05) is 11.1 Å². The van der Waals surface area contributed by atoms with E-state index in [0.717, 1.165) is 5.56 Å². The van der Waals surface area contributed by atoms with E-state index in [1.54, 1.807) is 18.2 Å². The van der Waals surface area contributed by atoms with Gasteiger partial charge in [0.15, 0.2) is 0 Å². The molecule has 0 saturated heterocycles. The zero-order chi connectivity index (χ0) is 14.0. The molecule has 19 heavy (non-hydrogen) atoms.